The first-order valence-electron chi connectivity index (χ1n) is 7.46. The lowest BCUT2D eigenvalue weighted by Gasteiger charge is -2.35. The van der Waals surface area contributed by atoms with Gasteiger partial charge in [-0.25, -0.2) is 4.79 Å². The molecule has 2 amide bonds. The number of carbonyl (C=O) groups excluding carboxylic acids is 1. The number of benzene rings is 1. The Morgan fingerprint density at radius 2 is 2.18 bits per heavy atom. The molecule has 0 bridgehead atoms. The molecule has 1 aromatic carbocycles. The Bertz CT molecular complexity index is 610. The van der Waals surface area contributed by atoms with Gasteiger partial charge in [0.25, 0.3) is 0 Å². The zero-order valence-corrected chi connectivity index (χ0v) is 12.6. The number of ether oxygens (including phenoxy) is 1. The molecule has 0 saturated heterocycles. The zero-order chi connectivity index (χ0) is 15.7. The molecule has 6 nitrogen and oxygen atoms in total. The lowest BCUT2D eigenvalue weighted by Crippen LogP contribution is -2.46. The normalized spacial score (nSPS) is 17.8. The van der Waals surface area contributed by atoms with E-state index in [1.165, 1.54) is 5.56 Å². The van der Waals surface area contributed by atoms with Crippen molar-refractivity contribution in [2.45, 2.75) is 31.2 Å². The first-order chi connectivity index (χ1) is 10.5. The third-order valence-corrected chi connectivity index (χ3v) is 4.50. The molecule has 2 N–H and O–H groups in total. The van der Waals surface area contributed by atoms with Gasteiger partial charge in [0.1, 0.15) is 5.75 Å². The van der Waals surface area contributed by atoms with Crippen molar-refractivity contribution >= 4 is 12.0 Å². The summed E-state index contributed by atoms with van der Waals surface area (Å²) < 4.78 is 5.30. The second kappa shape index (κ2) is 5.51. The summed E-state index contributed by atoms with van der Waals surface area (Å²) in [5.41, 5.74) is 2.51. The predicted octanol–water partition coefficient (Wildman–Crippen LogP) is 1.73. The molecule has 6 heteroatoms. The van der Waals surface area contributed by atoms with E-state index in [0.717, 1.165) is 24.2 Å². The highest BCUT2D eigenvalue weighted by Gasteiger charge is 2.50. The number of methoxy groups -OCH3 is 1. The summed E-state index contributed by atoms with van der Waals surface area (Å²) in [6.45, 7) is 1.40. The van der Waals surface area contributed by atoms with Crippen LogP contribution in [0.25, 0.3) is 0 Å². The van der Waals surface area contributed by atoms with Crippen LogP contribution in [0.3, 0.4) is 0 Å². The van der Waals surface area contributed by atoms with Crippen molar-refractivity contribution in [2.24, 2.45) is 0 Å². The molecule has 118 valence electrons. The van der Waals surface area contributed by atoms with Crippen molar-refractivity contribution in [1.29, 1.82) is 0 Å². The number of hydrogen-bond acceptors (Lipinski definition) is 3. The molecule has 3 rings (SSSR count). The largest absolute Gasteiger partial charge is 0.497 e. The van der Waals surface area contributed by atoms with Gasteiger partial charge in [-0.05, 0) is 36.1 Å². The van der Waals surface area contributed by atoms with Crippen LogP contribution in [0, 0.1) is 0 Å². The Hall–Kier alpha value is -2.24. The van der Waals surface area contributed by atoms with Crippen molar-refractivity contribution in [3.8, 4) is 5.75 Å². The van der Waals surface area contributed by atoms with Gasteiger partial charge in [-0.1, -0.05) is 6.07 Å². The minimum absolute atomic E-state index is 0.0570. The van der Waals surface area contributed by atoms with Crippen LogP contribution in [0.15, 0.2) is 18.2 Å². The highest BCUT2D eigenvalue weighted by atomic mass is 16.5. The topological polar surface area (TPSA) is 78.9 Å². The molecule has 0 atom stereocenters. The van der Waals surface area contributed by atoms with Crippen molar-refractivity contribution in [2.75, 3.05) is 20.2 Å². The number of nitrogens with one attached hydrogen (secondary N) is 1. The van der Waals surface area contributed by atoms with Crippen LogP contribution in [0.2, 0.25) is 0 Å². The number of rotatable bonds is 4. The summed E-state index contributed by atoms with van der Waals surface area (Å²) in [6, 6.07) is 5.84. The summed E-state index contributed by atoms with van der Waals surface area (Å²) in [7, 11) is 1.66. The molecule has 1 fully saturated rings. The maximum atomic E-state index is 12.2. The van der Waals surface area contributed by atoms with Gasteiger partial charge >= 0.3 is 12.0 Å². The van der Waals surface area contributed by atoms with E-state index in [2.05, 4.69) is 11.4 Å². The van der Waals surface area contributed by atoms with E-state index in [4.69, 9.17) is 9.84 Å². The lowest BCUT2D eigenvalue weighted by molar-refractivity contribution is -0.136. The fraction of sp³-hybridized carbons (Fsp3) is 0.500. The average Bonchev–Trinajstić information content (AvgIpc) is 3.26. The molecule has 1 saturated carbocycles. The molecular weight excluding hydrogens is 284 g/mol. The van der Waals surface area contributed by atoms with Gasteiger partial charge in [-0.3, -0.25) is 4.79 Å². The minimum Gasteiger partial charge on any atom is -0.497 e. The summed E-state index contributed by atoms with van der Waals surface area (Å²) in [4.78, 5) is 24.5. The number of nitrogens with zero attached hydrogens (tertiary/aromatic N) is 1. The first kappa shape index (κ1) is 14.7. The Labute approximate surface area is 129 Å². The molecular formula is C16H20N2O4. The molecule has 1 heterocycles. The van der Waals surface area contributed by atoms with Crippen LogP contribution in [-0.4, -0.2) is 42.2 Å². The Morgan fingerprint density at radius 3 is 2.82 bits per heavy atom. The molecule has 1 aromatic rings. The highest BCUT2D eigenvalue weighted by Crippen LogP contribution is 2.53. The van der Waals surface area contributed by atoms with E-state index in [-0.39, 0.29) is 24.4 Å². The fourth-order valence-corrected chi connectivity index (χ4v) is 3.14. The standard InChI is InChI=1S/C16H20N2O4/c1-22-12-3-2-11-9-18(15(21)17-7-4-14(19)20)10-16(5-6-16)13(11)8-12/h2-3,8H,4-7,9-10H2,1H3,(H,17,21)(H,19,20). The van der Waals surface area contributed by atoms with Crippen molar-refractivity contribution < 1.29 is 19.4 Å². The predicted molar refractivity (Wildman–Crippen MR) is 80.0 cm³/mol. The van der Waals surface area contributed by atoms with Gasteiger partial charge in [-0.2, -0.15) is 0 Å². The second-order valence-corrected chi connectivity index (χ2v) is 6.04. The van der Waals surface area contributed by atoms with E-state index in [1.54, 1.807) is 12.0 Å². The number of amides is 2. The van der Waals surface area contributed by atoms with Crippen LogP contribution >= 0.6 is 0 Å². The smallest absolute Gasteiger partial charge is 0.317 e. The van der Waals surface area contributed by atoms with Crippen LogP contribution in [0.5, 0.6) is 5.75 Å². The van der Waals surface area contributed by atoms with Crippen molar-refractivity contribution in [1.82, 2.24) is 10.2 Å². The van der Waals surface area contributed by atoms with Crippen LogP contribution in [0.4, 0.5) is 4.79 Å². The molecule has 0 aromatic heterocycles. The molecule has 0 unspecified atom stereocenters. The van der Waals surface area contributed by atoms with Gasteiger partial charge < -0.3 is 20.1 Å². The SMILES string of the molecule is COc1ccc2c(c1)C1(CC1)CN(C(=O)NCCC(=O)O)C2. The third-order valence-electron chi connectivity index (χ3n) is 4.50. The third kappa shape index (κ3) is 2.73. The number of carboxylic acids is 1. The molecule has 1 aliphatic heterocycles. The van der Waals surface area contributed by atoms with Gasteiger partial charge in [0, 0.05) is 25.0 Å². The monoisotopic (exact) mass is 304 g/mol. The maximum absolute atomic E-state index is 12.2. The zero-order valence-electron chi connectivity index (χ0n) is 12.6. The average molecular weight is 304 g/mol. The van der Waals surface area contributed by atoms with Crippen LogP contribution in [-0.2, 0) is 16.8 Å². The molecule has 22 heavy (non-hydrogen) atoms. The van der Waals surface area contributed by atoms with Gasteiger partial charge in [0.2, 0.25) is 0 Å². The fourth-order valence-electron chi connectivity index (χ4n) is 3.14. The van der Waals surface area contributed by atoms with E-state index in [9.17, 15) is 9.59 Å². The molecule has 2 aliphatic rings. The summed E-state index contributed by atoms with van der Waals surface area (Å²) in [5.74, 6) is -0.0561. The minimum atomic E-state index is -0.907. The number of fused-ring (bicyclic) bond motifs is 2. The maximum Gasteiger partial charge on any atom is 0.317 e. The van der Waals surface area contributed by atoms with Crippen LogP contribution < -0.4 is 10.1 Å². The van der Waals surface area contributed by atoms with Gasteiger partial charge in [0.05, 0.1) is 13.5 Å². The molecule has 1 spiro atoms. The van der Waals surface area contributed by atoms with E-state index >= 15 is 0 Å². The van der Waals surface area contributed by atoms with Gasteiger partial charge in [0.15, 0.2) is 0 Å². The van der Waals surface area contributed by atoms with E-state index in [1.807, 2.05) is 12.1 Å². The number of hydrogen-bond donors (Lipinski definition) is 2. The summed E-state index contributed by atoms with van der Waals surface area (Å²) in [5, 5.41) is 11.3. The van der Waals surface area contributed by atoms with Gasteiger partial charge in [-0.15, -0.1) is 0 Å². The number of carbonyl (C=O) groups is 2. The number of aliphatic carboxylic acids is 1. The molecule has 0 radical (unpaired) electrons. The summed E-state index contributed by atoms with van der Waals surface area (Å²) >= 11 is 0. The Kier molecular flexibility index (Phi) is 3.68. The highest BCUT2D eigenvalue weighted by molar-refractivity contribution is 5.76. The quantitative estimate of drug-likeness (QED) is 0.888. The van der Waals surface area contributed by atoms with Crippen molar-refractivity contribution in [3.05, 3.63) is 29.3 Å². The Balaban J connectivity index is 1.72. The Morgan fingerprint density at radius 1 is 1.41 bits per heavy atom. The number of carboxylic acid groups (broad SMARTS) is 1. The van der Waals surface area contributed by atoms with E-state index in [0.29, 0.717) is 13.1 Å². The van der Waals surface area contributed by atoms with Crippen LogP contribution in [0.1, 0.15) is 30.4 Å². The number of urea groups is 1. The second-order valence-electron chi connectivity index (χ2n) is 6.04. The van der Waals surface area contributed by atoms with Crippen molar-refractivity contribution in [3.63, 3.8) is 0 Å². The van der Waals surface area contributed by atoms with E-state index < -0.39 is 5.97 Å². The molecule has 1 aliphatic carbocycles. The summed E-state index contributed by atoms with van der Waals surface area (Å²) in [6.07, 6.45) is 2.09. The first-order valence-corrected chi connectivity index (χ1v) is 7.46. The lowest BCUT2D eigenvalue weighted by atomic mass is 9.87.